The van der Waals surface area contributed by atoms with Gasteiger partial charge in [0.2, 0.25) is 0 Å². The predicted octanol–water partition coefficient (Wildman–Crippen LogP) is 3.62. The standard InChI is InChI=1S/C14H21N/c1-3-12(2)15-11-7-10-14(15)13-8-5-4-6-9-13/h4-6,8-9,12,14H,3,7,10-11H2,1-2H3/t12?,14-/m0/s1. The minimum atomic E-state index is 0.668. The van der Waals surface area contributed by atoms with Crippen LogP contribution in [0.5, 0.6) is 0 Å². The topological polar surface area (TPSA) is 3.24 Å². The first kappa shape index (κ1) is 10.7. The molecule has 0 spiro atoms. The van der Waals surface area contributed by atoms with Crippen LogP contribution >= 0.6 is 0 Å². The summed E-state index contributed by atoms with van der Waals surface area (Å²) in [6.07, 6.45) is 3.93. The fourth-order valence-electron chi connectivity index (χ4n) is 2.58. The SMILES string of the molecule is CCC(C)N1CCC[C@H]1c1ccccc1. The van der Waals surface area contributed by atoms with Crippen LogP contribution in [0.3, 0.4) is 0 Å². The van der Waals surface area contributed by atoms with E-state index < -0.39 is 0 Å². The van der Waals surface area contributed by atoms with Gasteiger partial charge in [-0.2, -0.15) is 0 Å². The van der Waals surface area contributed by atoms with Crippen LogP contribution < -0.4 is 0 Å². The third-order valence-corrected chi connectivity index (χ3v) is 3.64. The van der Waals surface area contributed by atoms with Crippen molar-refractivity contribution in [2.24, 2.45) is 0 Å². The lowest BCUT2D eigenvalue weighted by Crippen LogP contribution is -2.31. The van der Waals surface area contributed by atoms with Gasteiger partial charge < -0.3 is 0 Å². The van der Waals surface area contributed by atoms with Crippen LogP contribution in [0.25, 0.3) is 0 Å². The third-order valence-electron chi connectivity index (χ3n) is 3.64. The molecule has 1 unspecified atom stereocenters. The molecule has 0 aliphatic carbocycles. The van der Waals surface area contributed by atoms with Gasteiger partial charge in [-0.1, -0.05) is 37.3 Å². The van der Waals surface area contributed by atoms with Crippen molar-refractivity contribution < 1.29 is 0 Å². The van der Waals surface area contributed by atoms with E-state index in [0.717, 1.165) is 6.04 Å². The Hall–Kier alpha value is -0.820. The van der Waals surface area contributed by atoms with Crippen molar-refractivity contribution in [3.8, 4) is 0 Å². The van der Waals surface area contributed by atoms with Crippen molar-refractivity contribution in [3.63, 3.8) is 0 Å². The predicted molar refractivity (Wildman–Crippen MR) is 64.9 cm³/mol. The monoisotopic (exact) mass is 203 g/mol. The first-order valence-electron chi connectivity index (χ1n) is 6.13. The summed E-state index contributed by atoms with van der Waals surface area (Å²) in [5, 5.41) is 0. The van der Waals surface area contributed by atoms with Gasteiger partial charge in [-0.25, -0.2) is 0 Å². The van der Waals surface area contributed by atoms with Crippen molar-refractivity contribution in [3.05, 3.63) is 35.9 Å². The van der Waals surface area contributed by atoms with E-state index in [1.807, 2.05) is 0 Å². The molecule has 1 saturated heterocycles. The Kier molecular flexibility index (Phi) is 3.42. The summed E-state index contributed by atoms with van der Waals surface area (Å²) in [5.74, 6) is 0. The van der Waals surface area contributed by atoms with Gasteiger partial charge >= 0.3 is 0 Å². The Bertz CT molecular complexity index is 293. The number of likely N-dealkylation sites (tertiary alicyclic amines) is 1. The first-order valence-corrected chi connectivity index (χ1v) is 6.13. The van der Waals surface area contributed by atoms with E-state index in [2.05, 4.69) is 49.1 Å². The Morgan fingerprint density at radius 1 is 1.33 bits per heavy atom. The fourth-order valence-corrected chi connectivity index (χ4v) is 2.58. The molecule has 1 aromatic rings. The van der Waals surface area contributed by atoms with Crippen molar-refractivity contribution in [2.75, 3.05) is 6.54 Å². The highest BCUT2D eigenvalue weighted by Crippen LogP contribution is 2.33. The molecule has 0 radical (unpaired) electrons. The number of hydrogen-bond donors (Lipinski definition) is 0. The Morgan fingerprint density at radius 2 is 2.07 bits per heavy atom. The molecule has 0 amide bonds. The average molecular weight is 203 g/mol. The summed E-state index contributed by atoms with van der Waals surface area (Å²) in [6, 6.07) is 12.3. The van der Waals surface area contributed by atoms with Crippen LogP contribution in [0, 0.1) is 0 Å². The van der Waals surface area contributed by atoms with E-state index in [0.29, 0.717) is 6.04 Å². The summed E-state index contributed by atoms with van der Waals surface area (Å²) >= 11 is 0. The Balaban J connectivity index is 2.15. The maximum absolute atomic E-state index is 2.66. The average Bonchev–Trinajstić information content (AvgIpc) is 2.78. The molecule has 15 heavy (non-hydrogen) atoms. The third kappa shape index (κ3) is 2.23. The minimum absolute atomic E-state index is 0.668. The van der Waals surface area contributed by atoms with Crippen LogP contribution in [0.15, 0.2) is 30.3 Å². The molecule has 2 atom stereocenters. The molecule has 1 heteroatoms. The maximum atomic E-state index is 2.66. The van der Waals surface area contributed by atoms with E-state index in [1.165, 1.54) is 31.4 Å². The normalized spacial score (nSPS) is 24.3. The van der Waals surface area contributed by atoms with E-state index in [1.54, 1.807) is 0 Å². The Labute approximate surface area is 93.1 Å². The second-order valence-electron chi connectivity index (χ2n) is 4.56. The second kappa shape index (κ2) is 4.80. The molecule has 0 N–H and O–H groups in total. The minimum Gasteiger partial charge on any atom is -0.294 e. The molecule has 0 aromatic heterocycles. The summed E-state index contributed by atoms with van der Waals surface area (Å²) < 4.78 is 0. The molecule has 1 aromatic carbocycles. The van der Waals surface area contributed by atoms with Gasteiger partial charge in [0.25, 0.3) is 0 Å². The van der Waals surface area contributed by atoms with Crippen LogP contribution in [-0.2, 0) is 0 Å². The number of hydrogen-bond acceptors (Lipinski definition) is 1. The fraction of sp³-hybridized carbons (Fsp3) is 0.571. The zero-order chi connectivity index (χ0) is 10.7. The molecule has 1 aliphatic rings. The Morgan fingerprint density at radius 3 is 2.73 bits per heavy atom. The van der Waals surface area contributed by atoms with Gasteiger partial charge in [-0.15, -0.1) is 0 Å². The molecule has 1 fully saturated rings. The number of rotatable bonds is 3. The highest BCUT2D eigenvalue weighted by Gasteiger charge is 2.28. The molecular weight excluding hydrogens is 182 g/mol. The van der Waals surface area contributed by atoms with E-state index in [-0.39, 0.29) is 0 Å². The molecule has 82 valence electrons. The van der Waals surface area contributed by atoms with Crippen molar-refractivity contribution in [1.29, 1.82) is 0 Å². The van der Waals surface area contributed by atoms with Crippen LogP contribution in [0.4, 0.5) is 0 Å². The highest BCUT2D eigenvalue weighted by atomic mass is 15.2. The lowest BCUT2D eigenvalue weighted by molar-refractivity contribution is 0.188. The molecule has 2 rings (SSSR count). The van der Waals surface area contributed by atoms with Gasteiger partial charge in [-0.3, -0.25) is 4.90 Å². The molecule has 1 nitrogen and oxygen atoms in total. The van der Waals surface area contributed by atoms with Gasteiger partial charge in [0.1, 0.15) is 0 Å². The van der Waals surface area contributed by atoms with E-state index in [4.69, 9.17) is 0 Å². The van der Waals surface area contributed by atoms with E-state index in [9.17, 15) is 0 Å². The smallest absolute Gasteiger partial charge is 0.0351 e. The first-order chi connectivity index (χ1) is 7.33. The quantitative estimate of drug-likeness (QED) is 0.725. The summed E-state index contributed by atoms with van der Waals surface area (Å²) in [6.45, 7) is 5.90. The molecule has 0 bridgehead atoms. The van der Waals surface area contributed by atoms with E-state index >= 15 is 0 Å². The zero-order valence-corrected chi connectivity index (χ0v) is 9.82. The lowest BCUT2D eigenvalue weighted by atomic mass is 10.0. The molecule has 0 saturated carbocycles. The lowest BCUT2D eigenvalue weighted by Gasteiger charge is -2.30. The van der Waals surface area contributed by atoms with Gasteiger partial charge in [-0.05, 0) is 38.3 Å². The van der Waals surface area contributed by atoms with Crippen molar-refractivity contribution >= 4 is 0 Å². The second-order valence-corrected chi connectivity index (χ2v) is 4.56. The molecular formula is C14H21N. The van der Waals surface area contributed by atoms with Gasteiger partial charge in [0.15, 0.2) is 0 Å². The zero-order valence-electron chi connectivity index (χ0n) is 9.82. The van der Waals surface area contributed by atoms with Crippen LogP contribution in [0.1, 0.15) is 44.7 Å². The van der Waals surface area contributed by atoms with Gasteiger partial charge in [0.05, 0.1) is 0 Å². The maximum Gasteiger partial charge on any atom is 0.0351 e. The summed E-state index contributed by atoms with van der Waals surface area (Å²) in [4.78, 5) is 2.66. The van der Waals surface area contributed by atoms with Crippen molar-refractivity contribution in [1.82, 2.24) is 4.90 Å². The van der Waals surface area contributed by atoms with Crippen LogP contribution in [0.2, 0.25) is 0 Å². The number of benzene rings is 1. The molecule has 1 aliphatic heterocycles. The van der Waals surface area contributed by atoms with Crippen molar-refractivity contribution in [2.45, 2.75) is 45.2 Å². The molecule has 1 heterocycles. The van der Waals surface area contributed by atoms with Gasteiger partial charge in [0, 0.05) is 12.1 Å². The number of nitrogens with zero attached hydrogens (tertiary/aromatic N) is 1. The van der Waals surface area contributed by atoms with Crippen LogP contribution in [-0.4, -0.2) is 17.5 Å². The highest BCUT2D eigenvalue weighted by molar-refractivity contribution is 5.20. The summed E-state index contributed by atoms with van der Waals surface area (Å²) in [7, 11) is 0. The largest absolute Gasteiger partial charge is 0.294 e. The summed E-state index contributed by atoms with van der Waals surface area (Å²) in [5.41, 5.74) is 1.50.